The topological polar surface area (TPSA) is 41.1 Å². The molecule has 0 aromatic carbocycles. The van der Waals surface area contributed by atoms with E-state index in [0.717, 1.165) is 19.0 Å². The Hall–Kier alpha value is -0.220. The molecule has 1 rings (SSSR count). The number of nitrogens with one attached hydrogen (secondary N) is 2. The molecule has 0 aromatic heterocycles. The fourth-order valence-electron chi connectivity index (χ4n) is 1.69. The highest BCUT2D eigenvalue weighted by Gasteiger charge is 2.21. The number of rotatable bonds is 11. The number of amides is 1. The van der Waals surface area contributed by atoms with Crippen LogP contribution >= 0.6 is 11.8 Å². The Bertz CT molecular complexity index is 208. The molecule has 1 saturated carbocycles. The predicted molar refractivity (Wildman–Crippen MR) is 75.5 cm³/mol. The van der Waals surface area contributed by atoms with E-state index in [4.69, 9.17) is 0 Å². The molecule has 0 aliphatic heterocycles. The Morgan fingerprint density at radius 3 is 2.71 bits per heavy atom. The molecule has 0 aromatic rings. The van der Waals surface area contributed by atoms with Crippen molar-refractivity contribution in [2.24, 2.45) is 5.92 Å². The van der Waals surface area contributed by atoms with Crippen LogP contribution in [0, 0.1) is 5.92 Å². The van der Waals surface area contributed by atoms with E-state index in [9.17, 15) is 4.79 Å². The van der Waals surface area contributed by atoms with Crippen molar-refractivity contribution in [1.82, 2.24) is 10.6 Å². The molecule has 1 amide bonds. The van der Waals surface area contributed by atoms with E-state index in [1.165, 1.54) is 44.3 Å². The van der Waals surface area contributed by atoms with Gasteiger partial charge in [0.2, 0.25) is 5.91 Å². The summed E-state index contributed by atoms with van der Waals surface area (Å²) in [7, 11) is 0. The maximum absolute atomic E-state index is 11.4. The van der Waals surface area contributed by atoms with Crippen molar-refractivity contribution >= 4 is 17.7 Å². The minimum atomic E-state index is 0.152. The minimum absolute atomic E-state index is 0.152. The molecule has 2 N–H and O–H groups in total. The molecule has 4 heteroatoms. The lowest BCUT2D eigenvalue weighted by Crippen LogP contribution is -2.35. The van der Waals surface area contributed by atoms with Gasteiger partial charge < -0.3 is 10.6 Å². The van der Waals surface area contributed by atoms with Crippen LogP contribution in [0.2, 0.25) is 0 Å². The first-order valence-electron chi connectivity index (χ1n) is 6.79. The second-order valence-electron chi connectivity index (χ2n) is 4.83. The lowest BCUT2D eigenvalue weighted by atomic mass is 10.2. The van der Waals surface area contributed by atoms with E-state index in [1.807, 2.05) is 11.8 Å². The Labute approximate surface area is 109 Å². The Morgan fingerprint density at radius 1 is 1.24 bits per heavy atom. The van der Waals surface area contributed by atoms with Crippen LogP contribution in [-0.2, 0) is 4.79 Å². The van der Waals surface area contributed by atoms with Gasteiger partial charge >= 0.3 is 0 Å². The second kappa shape index (κ2) is 9.77. The molecule has 0 atom stereocenters. The van der Waals surface area contributed by atoms with Crippen LogP contribution in [0.4, 0.5) is 0 Å². The lowest BCUT2D eigenvalue weighted by Gasteiger charge is -2.06. The molecule has 1 aliphatic carbocycles. The first-order valence-corrected chi connectivity index (χ1v) is 8.18. The van der Waals surface area contributed by atoms with Gasteiger partial charge in [0.25, 0.3) is 0 Å². The van der Waals surface area contributed by atoms with Gasteiger partial charge in [-0.25, -0.2) is 0 Å². The highest BCUT2D eigenvalue weighted by molar-refractivity contribution is 7.98. The SMILES string of the molecule is CSCCCCCCNCC(=O)NCC1CC1. The molecule has 17 heavy (non-hydrogen) atoms. The largest absolute Gasteiger partial charge is 0.355 e. The van der Waals surface area contributed by atoms with Gasteiger partial charge in [-0.3, -0.25) is 4.79 Å². The molecule has 0 bridgehead atoms. The molecule has 3 nitrogen and oxygen atoms in total. The number of hydrogen-bond donors (Lipinski definition) is 2. The van der Waals surface area contributed by atoms with Crippen LogP contribution in [0.25, 0.3) is 0 Å². The highest BCUT2D eigenvalue weighted by Crippen LogP contribution is 2.27. The number of unbranched alkanes of at least 4 members (excludes halogenated alkanes) is 3. The van der Waals surface area contributed by atoms with Crippen molar-refractivity contribution in [1.29, 1.82) is 0 Å². The standard InChI is InChI=1S/C13H26N2OS/c1-17-9-5-3-2-4-8-14-11-13(16)15-10-12-6-7-12/h12,14H,2-11H2,1H3,(H,15,16). The fraction of sp³-hybridized carbons (Fsp3) is 0.923. The molecular formula is C13H26N2OS. The van der Waals surface area contributed by atoms with E-state index < -0.39 is 0 Å². The van der Waals surface area contributed by atoms with Crippen LogP contribution in [0.3, 0.4) is 0 Å². The van der Waals surface area contributed by atoms with E-state index in [1.54, 1.807) is 0 Å². The van der Waals surface area contributed by atoms with Crippen LogP contribution < -0.4 is 10.6 Å². The third-order valence-electron chi connectivity index (χ3n) is 3.02. The van der Waals surface area contributed by atoms with Crippen LogP contribution in [0.5, 0.6) is 0 Å². The van der Waals surface area contributed by atoms with Gasteiger partial charge in [0, 0.05) is 6.54 Å². The molecule has 0 heterocycles. The summed E-state index contributed by atoms with van der Waals surface area (Å²) in [5.74, 6) is 2.20. The van der Waals surface area contributed by atoms with Gasteiger partial charge in [0.15, 0.2) is 0 Å². The van der Waals surface area contributed by atoms with E-state index in [0.29, 0.717) is 6.54 Å². The van der Waals surface area contributed by atoms with Gasteiger partial charge in [-0.1, -0.05) is 12.8 Å². The van der Waals surface area contributed by atoms with Gasteiger partial charge in [-0.2, -0.15) is 11.8 Å². The molecule has 0 radical (unpaired) electrons. The van der Waals surface area contributed by atoms with E-state index in [2.05, 4.69) is 16.9 Å². The average molecular weight is 258 g/mol. The van der Waals surface area contributed by atoms with Gasteiger partial charge in [-0.15, -0.1) is 0 Å². The van der Waals surface area contributed by atoms with Gasteiger partial charge in [0.1, 0.15) is 0 Å². The summed E-state index contributed by atoms with van der Waals surface area (Å²) >= 11 is 1.92. The van der Waals surface area contributed by atoms with Crippen molar-refractivity contribution < 1.29 is 4.79 Å². The average Bonchev–Trinajstić information content (AvgIpc) is 3.14. The third kappa shape index (κ3) is 9.48. The number of thioether (sulfide) groups is 1. The first kappa shape index (κ1) is 14.8. The van der Waals surface area contributed by atoms with E-state index in [-0.39, 0.29) is 5.91 Å². The van der Waals surface area contributed by atoms with Crippen LogP contribution in [-0.4, -0.2) is 37.6 Å². The summed E-state index contributed by atoms with van der Waals surface area (Å²) in [4.78, 5) is 11.4. The maximum Gasteiger partial charge on any atom is 0.233 e. The molecular weight excluding hydrogens is 232 g/mol. The summed E-state index contributed by atoms with van der Waals surface area (Å²) in [5, 5.41) is 6.16. The first-order chi connectivity index (χ1) is 8.33. The van der Waals surface area contributed by atoms with Crippen LogP contribution in [0.15, 0.2) is 0 Å². The smallest absolute Gasteiger partial charge is 0.233 e. The summed E-state index contributed by atoms with van der Waals surface area (Å²) < 4.78 is 0. The summed E-state index contributed by atoms with van der Waals surface area (Å²) in [6.07, 6.45) is 9.84. The summed E-state index contributed by atoms with van der Waals surface area (Å²) in [6, 6.07) is 0. The Morgan fingerprint density at radius 2 is 2.00 bits per heavy atom. The van der Waals surface area contributed by atoms with Gasteiger partial charge in [0.05, 0.1) is 6.54 Å². The summed E-state index contributed by atoms with van der Waals surface area (Å²) in [6.45, 7) is 2.34. The monoisotopic (exact) mass is 258 g/mol. The lowest BCUT2D eigenvalue weighted by molar-refractivity contribution is -0.120. The fourth-order valence-corrected chi connectivity index (χ4v) is 2.19. The minimum Gasteiger partial charge on any atom is -0.355 e. The molecule has 0 unspecified atom stereocenters. The highest BCUT2D eigenvalue weighted by atomic mass is 32.2. The predicted octanol–water partition coefficient (Wildman–Crippen LogP) is 2.03. The second-order valence-corrected chi connectivity index (χ2v) is 5.82. The number of carbonyl (C=O) groups is 1. The molecule has 0 spiro atoms. The van der Waals surface area contributed by atoms with E-state index >= 15 is 0 Å². The number of hydrogen-bond acceptors (Lipinski definition) is 3. The third-order valence-corrected chi connectivity index (χ3v) is 3.72. The van der Waals surface area contributed by atoms with Crippen molar-refractivity contribution in [3.63, 3.8) is 0 Å². The zero-order valence-corrected chi connectivity index (χ0v) is 11.8. The van der Waals surface area contributed by atoms with Gasteiger partial charge in [-0.05, 0) is 50.2 Å². The Kier molecular flexibility index (Phi) is 8.53. The molecule has 1 aliphatic rings. The molecule has 0 saturated heterocycles. The van der Waals surface area contributed by atoms with Crippen molar-refractivity contribution in [2.45, 2.75) is 38.5 Å². The van der Waals surface area contributed by atoms with Crippen molar-refractivity contribution in [3.8, 4) is 0 Å². The zero-order chi connectivity index (χ0) is 12.3. The number of carbonyl (C=O) groups excluding carboxylic acids is 1. The molecule has 100 valence electrons. The van der Waals surface area contributed by atoms with Crippen molar-refractivity contribution in [2.75, 3.05) is 31.6 Å². The molecule has 1 fully saturated rings. The van der Waals surface area contributed by atoms with Crippen LogP contribution in [0.1, 0.15) is 38.5 Å². The quantitative estimate of drug-likeness (QED) is 0.557. The Balaban J connectivity index is 1.74. The van der Waals surface area contributed by atoms with Crippen molar-refractivity contribution in [3.05, 3.63) is 0 Å². The maximum atomic E-state index is 11.4. The summed E-state index contributed by atoms with van der Waals surface area (Å²) in [5.41, 5.74) is 0. The normalized spacial score (nSPS) is 14.9. The zero-order valence-electron chi connectivity index (χ0n) is 11.0.